The summed E-state index contributed by atoms with van der Waals surface area (Å²) in [5, 5.41) is 11.4. The summed E-state index contributed by atoms with van der Waals surface area (Å²) in [5.74, 6) is 0. The molecule has 0 saturated carbocycles. The van der Waals surface area contributed by atoms with Gasteiger partial charge in [-0.15, -0.1) is 11.3 Å². The number of rotatable bonds is 6. The van der Waals surface area contributed by atoms with Crippen molar-refractivity contribution in [3.05, 3.63) is 33.5 Å². The summed E-state index contributed by atoms with van der Waals surface area (Å²) in [6.45, 7) is 7.29. The second-order valence-corrected chi connectivity index (χ2v) is 5.70. The molecule has 0 bridgehead atoms. The number of hydrogen-bond acceptors (Lipinski definition) is 4. The Labute approximate surface area is 118 Å². The normalized spacial score (nSPS) is 12.8. The van der Waals surface area contributed by atoms with E-state index in [-0.39, 0.29) is 0 Å². The van der Waals surface area contributed by atoms with Crippen molar-refractivity contribution in [2.75, 3.05) is 6.54 Å². The lowest BCUT2D eigenvalue weighted by Crippen LogP contribution is -2.23. The molecule has 2 aromatic heterocycles. The van der Waals surface area contributed by atoms with E-state index in [9.17, 15) is 0 Å². The molecule has 104 valence electrons. The standard InChI is InChI=1S/C14H22N4S/c1-5-12-11(8-18(4)17-12)13(15-6-2)7-14-16-10(3)9-19-14/h8-9,13,15H,5-7H2,1-4H3. The minimum atomic E-state index is 0.305. The number of nitrogens with zero attached hydrogens (tertiary/aromatic N) is 3. The first-order valence-corrected chi connectivity index (χ1v) is 7.68. The number of aromatic nitrogens is 3. The van der Waals surface area contributed by atoms with E-state index in [1.807, 2.05) is 18.7 Å². The number of aryl methyl sites for hydroxylation is 3. The van der Waals surface area contributed by atoms with Crippen molar-refractivity contribution in [2.24, 2.45) is 7.05 Å². The van der Waals surface area contributed by atoms with Gasteiger partial charge in [-0.1, -0.05) is 13.8 Å². The SMILES string of the molecule is CCNC(Cc1nc(C)cs1)c1cn(C)nc1CC. The van der Waals surface area contributed by atoms with Gasteiger partial charge in [0, 0.05) is 42.3 Å². The second-order valence-electron chi connectivity index (χ2n) is 4.76. The highest BCUT2D eigenvalue weighted by molar-refractivity contribution is 7.09. The van der Waals surface area contributed by atoms with Gasteiger partial charge in [0.2, 0.25) is 0 Å². The van der Waals surface area contributed by atoms with Crippen LogP contribution in [0.2, 0.25) is 0 Å². The molecule has 0 aliphatic rings. The van der Waals surface area contributed by atoms with E-state index in [1.54, 1.807) is 11.3 Å². The number of nitrogens with one attached hydrogen (secondary N) is 1. The summed E-state index contributed by atoms with van der Waals surface area (Å²) in [6, 6.07) is 0.305. The van der Waals surface area contributed by atoms with Crippen LogP contribution < -0.4 is 5.32 Å². The summed E-state index contributed by atoms with van der Waals surface area (Å²) < 4.78 is 1.91. The predicted octanol–water partition coefficient (Wildman–Crippen LogP) is 2.64. The van der Waals surface area contributed by atoms with Gasteiger partial charge in [0.25, 0.3) is 0 Å². The molecule has 0 radical (unpaired) electrons. The summed E-state index contributed by atoms with van der Waals surface area (Å²) in [5.41, 5.74) is 3.60. The second kappa shape index (κ2) is 6.30. The number of likely N-dealkylation sites (N-methyl/N-ethyl adjacent to an activating group) is 1. The van der Waals surface area contributed by atoms with Crippen LogP contribution in [0.5, 0.6) is 0 Å². The zero-order valence-corrected chi connectivity index (χ0v) is 12.9. The molecule has 0 amide bonds. The third kappa shape index (κ3) is 3.42. The molecule has 2 rings (SSSR count). The van der Waals surface area contributed by atoms with Gasteiger partial charge in [0.05, 0.1) is 10.7 Å². The molecule has 2 aromatic rings. The molecular weight excluding hydrogens is 256 g/mol. The number of hydrogen-bond donors (Lipinski definition) is 1. The van der Waals surface area contributed by atoms with Gasteiger partial charge in [-0.2, -0.15) is 5.10 Å². The quantitative estimate of drug-likeness (QED) is 0.883. The fraction of sp³-hybridized carbons (Fsp3) is 0.571. The van der Waals surface area contributed by atoms with Crippen LogP contribution in [0.3, 0.4) is 0 Å². The third-order valence-electron chi connectivity index (χ3n) is 3.14. The Hall–Kier alpha value is -1.20. The van der Waals surface area contributed by atoms with Crippen LogP contribution in [0.1, 0.15) is 41.8 Å². The van der Waals surface area contributed by atoms with Gasteiger partial charge >= 0.3 is 0 Å². The van der Waals surface area contributed by atoms with Crippen molar-refractivity contribution >= 4 is 11.3 Å². The topological polar surface area (TPSA) is 42.7 Å². The Kier molecular flexibility index (Phi) is 4.71. The lowest BCUT2D eigenvalue weighted by Gasteiger charge is -2.16. The van der Waals surface area contributed by atoms with E-state index in [0.717, 1.165) is 25.1 Å². The van der Waals surface area contributed by atoms with Crippen molar-refractivity contribution in [3.8, 4) is 0 Å². The highest BCUT2D eigenvalue weighted by atomic mass is 32.1. The molecule has 0 aliphatic carbocycles. The van der Waals surface area contributed by atoms with Crippen LogP contribution in [0.15, 0.2) is 11.6 Å². The maximum atomic E-state index is 4.57. The first kappa shape index (κ1) is 14.2. The Bertz CT molecular complexity index is 529. The van der Waals surface area contributed by atoms with Crippen LogP contribution >= 0.6 is 11.3 Å². The van der Waals surface area contributed by atoms with Crippen molar-refractivity contribution in [3.63, 3.8) is 0 Å². The van der Waals surface area contributed by atoms with E-state index in [4.69, 9.17) is 0 Å². The Morgan fingerprint density at radius 2 is 2.21 bits per heavy atom. The fourth-order valence-corrected chi connectivity index (χ4v) is 3.15. The molecule has 1 atom stereocenters. The molecule has 0 spiro atoms. The smallest absolute Gasteiger partial charge is 0.0947 e. The molecule has 19 heavy (non-hydrogen) atoms. The van der Waals surface area contributed by atoms with Crippen LogP contribution in [0, 0.1) is 6.92 Å². The van der Waals surface area contributed by atoms with E-state index >= 15 is 0 Å². The summed E-state index contributed by atoms with van der Waals surface area (Å²) in [6.07, 6.45) is 4.03. The van der Waals surface area contributed by atoms with Gasteiger partial charge in [-0.05, 0) is 19.9 Å². The predicted molar refractivity (Wildman–Crippen MR) is 79.6 cm³/mol. The van der Waals surface area contributed by atoms with E-state index in [0.29, 0.717) is 6.04 Å². The lowest BCUT2D eigenvalue weighted by atomic mass is 10.0. The van der Waals surface area contributed by atoms with Crippen molar-refractivity contribution in [1.82, 2.24) is 20.1 Å². The first-order valence-electron chi connectivity index (χ1n) is 6.80. The van der Waals surface area contributed by atoms with E-state index in [1.165, 1.54) is 16.3 Å². The molecule has 1 unspecified atom stereocenters. The van der Waals surface area contributed by atoms with Crippen LogP contribution in [0.4, 0.5) is 0 Å². The lowest BCUT2D eigenvalue weighted by molar-refractivity contribution is 0.544. The zero-order valence-electron chi connectivity index (χ0n) is 12.1. The van der Waals surface area contributed by atoms with Gasteiger partial charge in [0.15, 0.2) is 0 Å². The summed E-state index contributed by atoms with van der Waals surface area (Å²) in [4.78, 5) is 4.57. The van der Waals surface area contributed by atoms with Crippen LogP contribution in [-0.4, -0.2) is 21.3 Å². The van der Waals surface area contributed by atoms with Gasteiger partial charge < -0.3 is 5.32 Å². The summed E-state index contributed by atoms with van der Waals surface area (Å²) in [7, 11) is 1.99. The molecule has 0 aliphatic heterocycles. The zero-order chi connectivity index (χ0) is 13.8. The van der Waals surface area contributed by atoms with Crippen molar-refractivity contribution < 1.29 is 0 Å². The first-order chi connectivity index (χ1) is 9.13. The minimum Gasteiger partial charge on any atom is -0.310 e. The van der Waals surface area contributed by atoms with E-state index < -0.39 is 0 Å². The molecule has 0 aromatic carbocycles. The number of thiazole rings is 1. The molecule has 5 heteroatoms. The van der Waals surface area contributed by atoms with Gasteiger partial charge in [0.1, 0.15) is 0 Å². The monoisotopic (exact) mass is 278 g/mol. The maximum Gasteiger partial charge on any atom is 0.0947 e. The van der Waals surface area contributed by atoms with Crippen LogP contribution in [-0.2, 0) is 19.9 Å². The van der Waals surface area contributed by atoms with Gasteiger partial charge in [-0.25, -0.2) is 4.98 Å². The van der Waals surface area contributed by atoms with Crippen molar-refractivity contribution in [2.45, 2.75) is 39.7 Å². The molecule has 0 saturated heterocycles. The average molecular weight is 278 g/mol. The average Bonchev–Trinajstić information content (AvgIpc) is 2.94. The molecule has 1 N–H and O–H groups in total. The van der Waals surface area contributed by atoms with Crippen molar-refractivity contribution in [1.29, 1.82) is 0 Å². The Morgan fingerprint density at radius 3 is 2.79 bits per heavy atom. The Morgan fingerprint density at radius 1 is 1.42 bits per heavy atom. The van der Waals surface area contributed by atoms with Crippen LogP contribution in [0.25, 0.3) is 0 Å². The fourth-order valence-electron chi connectivity index (χ4n) is 2.33. The molecule has 0 fully saturated rings. The largest absolute Gasteiger partial charge is 0.310 e. The molecular formula is C14H22N4S. The molecule has 2 heterocycles. The molecule has 4 nitrogen and oxygen atoms in total. The third-order valence-corrected chi connectivity index (χ3v) is 4.13. The highest BCUT2D eigenvalue weighted by Crippen LogP contribution is 2.23. The highest BCUT2D eigenvalue weighted by Gasteiger charge is 2.18. The van der Waals surface area contributed by atoms with E-state index in [2.05, 4.69) is 40.8 Å². The maximum absolute atomic E-state index is 4.57. The minimum absolute atomic E-state index is 0.305. The Balaban J connectivity index is 2.23. The van der Waals surface area contributed by atoms with Gasteiger partial charge in [-0.3, -0.25) is 4.68 Å². The summed E-state index contributed by atoms with van der Waals surface area (Å²) >= 11 is 1.74.